The minimum absolute atomic E-state index is 0.0310. The van der Waals surface area contributed by atoms with Crippen molar-refractivity contribution in [3.8, 4) is 0 Å². The number of nitrogens with zero attached hydrogens (tertiary/aromatic N) is 3. The number of aromatic nitrogens is 2. The highest BCUT2D eigenvalue weighted by molar-refractivity contribution is 5.89. The second kappa shape index (κ2) is 7.02. The zero-order valence-electron chi connectivity index (χ0n) is 12.5. The van der Waals surface area contributed by atoms with E-state index in [1.54, 1.807) is 12.4 Å². The molecular formula is C17H20N4O. The van der Waals surface area contributed by atoms with Crippen LogP contribution in [0.25, 0.3) is 0 Å². The van der Waals surface area contributed by atoms with Crippen molar-refractivity contribution in [2.75, 3.05) is 11.9 Å². The van der Waals surface area contributed by atoms with E-state index in [2.05, 4.69) is 15.3 Å². The lowest BCUT2D eigenvalue weighted by Crippen LogP contribution is -2.39. The fraction of sp³-hybridized carbons (Fsp3) is 0.353. The van der Waals surface area contributed by atoms with E-state index in [0.29, 0.717) is 6.04 Å². The molecule has 1 saturated heterocycles. The van der Waals surface area contributed by atoms with Crippen LogP contribution in [-0.4, -0.2) is 33.5 Å². The molecule has 0 radical (unpaired) electrons. The van der Waals surface area contributed by atoms with Crippen molar-refractivity contribution in [3.63, 3.8) is 0 Å². The van der Waals surface area contributed by atoms with Gasteiger partial charge in [0.1, 0.15) is 0 Å². The van der Waals surface area contributed by atoms with Crippen molar-refractivity contribution in [2.24, 2.45) is 0 Å². The van der Waals surface area contributed by atoms with E-state index >= 15 is 0 Å². The van der Waals surface area contributed by atoms with Gasteiger partial charge in [-0.25, -0.2) is 4.79 Å². The summed E-state index contributed by atoms with van der Waals surface area (Å²) in [5.74, 6) is 0. The van der Waals surface area contributed by atoms with E-state index in [1.807, 2.05) is 41.4 Å². The first-order valence-electron chi connectivity index (χ1n) is 7.70. The van der Waals surface area contributed by atoms with Crippen molar-refractivity contribution in [3.05, 3.63) is 54.6 Å². The molecule has 0 aromatic carbocycles. The molecule has 5 nitrogen and oxygen atoms in total. The van der Waals surface area contributed by atoms with Crippen LogP contribution in [0.2, 0.25) is 0 Å². The molecule has 114 valence electrons. The number of urea groups is 1. The number of carbonyl (C=O) groups excluding carboxylic acids is 1. The Hall–Kier alpha value is -2.43. The van der Waals surface area contributed by atoms with Crippen LogP contribution in [0.3, 0.4) is 0 Å². The lowest BCUT2D eigenvalue weighted by Gasteiger charge is -2.25. The second-order valence-corrected chi connectivity index (χ2v) is 5.52. The van der Waals surface area contributed by atoms with Crippen LogP contribution in [0, 0.1) is 0 Å². The Balaban J connectivity index is 1.57. The Bertz CT molecular complexity index is 603. The minimum Gasteiger partial charge on any atom is -0.322 e. The number of pyridine rings is 2. The summed E-state index contributed by atoms with van der Waals surface area (Å²) in [6.07, 6.45) is 9.16. The predicted octanol–water partition coefficient (Wildman–Crippen LogP) is 3.11. The molecule has 1 aliphatic heterocycles. The van der Waals surface area contributed by atoms with Crippen LogP contribution in [0.4, 0.5) is 10.5 Å². The molecule has 1 aliphatic rings. The smallest absolute Gasteiger partial charge is 0.322 e. The standard InChI is InChI=1S/C17H20N4O/c22-17(20-15-6-3-10-18-13-15)21-12-4-7-16(21)9-8-14-5-1-2-11-19-14/h1-3,5-6,10-11,13,16H,4,7-9,12H2,(H,20,22)/t16-/m0/s1. The van der Waals surface area contributed by atoms with Crippen LogP contribution >= 0.6 is 0 Å². The molecular weight excluding hydrogens is 276 g/mol. The fourth-order valence-electron chi connectivity index (χ4n) is 2.90. The number of carbonyl (C=O) groups is 1. The van der Waals surface area contributed by atoms with Crippen molar-refractivity contribution < 1.29 is 4.79 Å². The molecule has 0 saturated carbocycles. The molecule has 5 heteroatoms. The molecule has 3 rings (SSSR count). The van der Waals surface area contributed by atoms with Gasteiger partial charge < -0.3 is 10.2 Å². The zero-order valence-corrected chi connectivity index (χ0v) is 12.5. The maximum absolute atomic E-state index is 12.4. The third-order valence-electron chi connectivity index (χ3n) is 4.01. The van der Waals surface area contributed by atoms with E-state index < -0.39 is 0 Å². The van der Waals surface area contributed by atoms with Crippen LogP contribution in [-0.2, 0) is 6.42 Å². The number of aryl methyl sites for hydroxylation is 1. The average Bonchev–Trinajstić information content (AvgIpc) is 3.03. The third kappa shape index (κ3) is 3.61. The van der Waals surface area contributed by atoms with Crippen LogP contribution < -0.4 is 5.32 Å². The predicted molar refractivity (Wildman–Crippen MR) is 85.5 cm³/mol. The molecule has 0 bridgehead atoms. The SMILES string of the molecule is O=C(Nc1cccnc1)N1CCC[C@H]1CCc1ccccn1. The monoisotopic (exact) mass is 296 g/mol. The first kappa shape index (κ1) is 14.5. The summed E-state index contributed by atoms with van der Waals surface area (Å²) >= 11 is 0. The van der Waals surface area contributed by atoms with E-state index in [0.717, 1.165) is 43.6 Å². The Morgan fingerprint density at radius 1 is 1.27 bits per heavy atom. The molecule has 2 amide bonds. The molecule has 1 fully saturated rings. The van der Waals surface area contributed by atoms with E-state index in [9.17, 15) is 4.79 Å². The molecule has 0 unspecified atom stereocenters. The van der Waals surface area contributed by atoms with E-state index in [-0.39, 0.29) is 6.03 Å². The normalized spacial score (nSPS) is 17.5. The molecule has 1 N–H and O–H groups in total. The maximum atomic E-state index is 12.4. The summed E-state index contributed by atoms with van der Waals surface area (Å²) in [6.45, 7) is 0.818. The van der Waals surface area contributed by atoms with Gasteiger partial charge in [0.15, 0.2) is 0 Å². The second-order valence-electron chi connectivity index (χ2n) is 5.52. The van der Waals surface area contributed by atoms with Crippen LogP contribution in [0.5, 0.6) is 0 Å². The molecule has 0 spiro atoms. The quantitative estimate of drug-likeness (QED) is 0.943. The van der Waals surface area contributed by atoms with Crippen molar-refractivity contribution >= 4 is 11.7 Å². The topological polar surface area (TPSA) is 58.1 Å². The van der Waals surface area contributed by atoms with Gasteiger partial charge in [0, 0.05) is 30.7 Å². The van der Waals surface area contributed by atoms with E-state index in [4.69, 9.17) is 0 Å². The average molecular weight is 296 g/mol. The largest absolute Gasteiger partial charge is 0.322 e. The molecule has 0 aliphatic carbocycles. The lowest BCUT2D eigenvalue weighted by molar-refractivity contribution is 0.204. The van der Waals surface area contributed by atoms with Gasteiger partial charge in [-0.1, -0.05) is 6.07 Å². The van der Waals surface area contributed by atoms with Crippen LogP contribution in [0.15, 0.2) is 48.9 Å². The number of nitrogens with one attached hydrogen (secondary N) is 1. The summed E-state index contributed by atoms with van der Waals surface area (Å²) in [5, 5.41) is 2.92. The number of rotatable bonds is 4. The van der Waals surface area contributed by atoms with Gasteiger partial charge >= 0.3 is 6.03 Å². The van der Waals surface area contributed by atoms with E-state index in [1.165, 1.54) is 0 Å². The Labute approximate surface area is 130 Å². The van der Waals surface area contributed by atoms with Gasteiger partial charge in [-0.05, 0) is 49.9 Å². The summed E-state index contributed by atoms with van der Waals surface area (Å²) in [5.41, 5.74) is 1.82. The van der Waals surface area contributed by atoms with Crippen molar-refractivity contribution in [1.82, 2.24) is 14.9 Å². The third-order valence-corrected chi connectivity index (χ3v) is 4.01. The number of hydrogen-bond donors (Lipinski definition) is 1. The highest BCUT2D eigenvalue weighted by atomic mass is 16.2. The Morgan fingerprint density at radius 2 is 2.23 bits per heavy atom. The minimum atomic E-state index is -0.0310. The number of anilines is 1. The van der Waals surface area contributed by atoms with Gasteiger partial charge in [0.05, 0.1) is 11.9 Å². The molecule has 2 aromatic rings. The maximum Gasteiger partial charge on any atom is 0.322 e. The number of amides is 2. The highest BCUT2D eigenvalue weighted by Crippen LogP contribution is 2.22. The summed E-state index contributed by atoms with van der Waals surface area (Å²) in [4.78, 5) is 22.7. The summed E-state index contributed by atoms with van der Waals surface area (Å²) < 4.78 is 0. The zero-order chi connectivity index (χ0) is 15.2. The number of hydrogen-bond acceptors (Lipinski definition) is 3. The Kier molecular flexibility index (Phi) is 4.63. The van der Waals surface area contributed by atoms with Crippen molar-refractivity contribution in [1.29, 1.82) is 0 Å². The molecule has 2 aromatic heterocycles. The first-order valence-corrected chi connectivity index (χ1v) is 7.70. The summed E-state index contributed by atoms with van der Waals surface area (Å²) in [7, 11) is 0. The van der Waals surface area contributed by atoms with Gasteiger partial charge in [-0.15, -0.1) is 0 Å². The molecule has 1 atom stereocenters. The number of likely N-dealkylation sites (tertiary alicyclic amines) is 1. The fourth-order valence-corrected chi connectivity index (χ4v) is 2.90. The summed E-state index contributed by atoms with van der Waals surface area (Å²) in [6, 6.07) is 9.89. The molecule has 3 heterocycles. The molecule has 22 heavy (non-hydrogen) atoms. The first-order chi connectivity index (χ1) is 10.8. The van der Waals surface area contributed by atoms with Gasteiger partial charge in [-0.2, -0.15) is 0 Å². The van der Waals surface area contributed by atoms with Crippen LogP contribution in [0.1, 0.15) is 25.0 Å². The van der Waals surface area contributed by atoms with Gasteiger partial charge in [0.2, 0.25) is 0 Å². The highest BCUT2D eigenvalue weighted by Gasteiger charge is 2.28. The Morgan fingerprint density at radius 3 is 3.00 bits per heavy atom. The lowest BCUT2D eigenvalue weighted by atomic mass is 10.1. The van der Waals surface area contributed by atoms with Crippen molar-refractivity contribution in [2.45, 2.75) is 31.7 Å². The van der Waals surface area contributed by atoms with Gasteiger partial charge in [0.25, 0.3) is 0 Å². The van der Waals surface area contributed by atoms with Gasteiger partial charge in [-0.3, -0.25) is 9.97 Å².